The van der Waals surface area contributed by atoms with E-state index >= 15 is 0 Å². The van der Waals surface area contributed by atoms with Gasteiger partial charge in [-0.3, -0.25) is 110 Å². The third-order valence-electron chi connectivity index (χ3n) is 20.3. The number of aliphatic carboxylic acids is 4. The summed E-state index contributed by atoms with van der Waals surface area (Å²) in [4.78, 5) is 312. The molecule has 0 aromatic heterocycles. The lowest BCUT2D eigenvalue weighted by Crippen LogP contribution is -2.62. The Balaban J connectivity index is 3.50. The smallest absolute Gasteiger partial charge is 0.326 e. The Morgan fingerprint density at radius 2 is 0.731 bits per heavy atom. The highest BCUT2D eigenvalue weighted by Gasteiger charge is 2.43. The Morgan fingerprint density at radius 3 is 1.16 bits per heavy atom. The fourth-order valence-electron chi connectivity index (χ4n) is 13.3. The molecular weight excluding hydrogens is 1770 g/mol. The van der Waals surface area contributed by atoms with Crippen molar-refractivity contribution in [3.63, 3.8) is 0 Å². The van der Waals surface area contributed by atoms with Gasteiger partial charge in [0.15, 0.2) is 5.96 Å². The molecule has 1 saturated heterocycles. The summed E-state index contributed by atoms with van der Waals surface area (Å²) in [6.07, 6.45) is -8.36. The van der Waals surface area contributed by atoms with Crippen LogP contribution < -0.4 is 119 Å². The van der Waals surface area contributed by atoms with Gasteiger partial charge in [-0.1, -0.05) is 69.2 Å². The van der Waals surface area contributed by atoms with Crippen LogP contribution in [0.2, 0.25) is 0 Å². The van der Waals surface area contributed by atoms with Gasteiger partial charge in [-0.2, -0.15) is 0 Å². The molecule has 1 aliphatic rings. The van der Waals surface area contributed by atoms with Crippen LogP contribution in [0.25, 0.3) is 0 Å². The summed E-state index contributed by atoms with van der Waals surface area (Å²) < 4.78 is 0. The van der Waals surface area contributed by atoms with Gasteiger partial charge in [0, 0.05) is 19.5 Å². The molecule has 1 rings (SSSR count). The molecule has 0 aliphatic carbocycles. The number of hydrogen-bond donors (Lipinski definition) is 28. The van der Waals surface area contributed by atoms with Gasteiger partial charge in [-0.05, 0) is 128 Å². The zero-order chi connectivity index (χ0) is 103. The molecule has 0 unspecified atom stereocenters. The summed E-state index contributed by atoms with van der Waals surface area (Å²) >= 11 is 0. The van der Waals surface area contributed by atoms with Gasteiger partial charge in [0.2, 0.25) is 112 Å². The maximum absolute atomic E-state index is 14.7. The lowest BCUT2D eigenvalue weighted by molar-refractivity contribution is -0.144. The van der Waals surface area contributed by atoms with Crippen molar-refractivity contribution in [3.8, 4) is 0 Å². The van der Waals surface area contributed by atoms with Crippen LogP contribution in [0, 0.1) is 29.6 Å². The van der Waals surface area contributed by atoms with Crippen LogP contribution in [0.4, 0.5) is 0 Å². The fourth-order valence-corrected chi connectivity index (χ4v) is 13.3. The number of aliphatic hydroxyl groups is 2. The van der Waals surface area contributed by atoms with Crippen molar-refractivity contribution in [2.75, 3.05) is 32.7 Å². The number of carbonyl (C=O) groups is 23. The van der Waals surface area contributed by atoms with Crippen LogP contribution in [0.1, 0.15) is 193 Å². The van der Waals surface area contributed by atoms with E-state index in [4.69, 9.17) is 34.4 Å². The van der Waals surface area contributed by atoms with Crippen LogP contribution in [-0.4, -0.2) is 319 Å². The Hall–Kier alpha value is -13.1. The van der Waals surface area contributed by atoms with Crippen LogP contribution in [0.3, 0.4) is 0 Å². The number of hydrogen-bond acceptors (Lipinski definition) is 28. The van der Waals surface area contributed by atoms with E-state index in [1.807, 2.05) is 0 Å². The number of amides is 19. The second-order valence-electron chi connectivity index (χ2n) is 34.5. The van der Waals surface area contributed by atoms with E-state index in [0.717, 1.165) is 18.7 Å². The number of carboxylic acid groups (broad SMARTS) is 4. The molecule has 53 nitrogen and oxygen atoms in total. The van der Waals surface area contributed by atoms with Crippen molar-refractivity contribution in [1.29, 1.82) is 0 Å². The highest BCUT2D eigenvalue weighted by Crippen LogP contribution is 2.22. The first-order valence-electron chi connectivity index (χ1n) is 43.7. The molecule has 0 radical (unpaired) electrons. The van der Waals surface area contributed by atoms with Gasteiger partial charge in [-0.25, -0.2) is 4.79 Å². The second-order valence-corrected chi connectivity index (χ2v) is 34.5. The van der Waals surface area contributed by atoms with Crippen LogP contribution in [0.15, 0.2) is 4.99 Å². The maximum Gasteiger partial charge on any atom is 0.326 e. The number of aliphatic hydroxyl groups excluding tert-OH is 2. The van der Waals surface area contributed by atoms with Gasteiger partial charge >= 0.3 is 23.9 Å². The number of rotatable bonds is 63. The van der Waals surface area contributed by atoms with Crippen molar-refractivity contribution in [1.82, 2.24) is 90.0 Å². The predicted octanol–water partition coefficient (Wildman–Crippen LogP) is -10.6. The molecule has 0 bridgehead atoms. The first-order valence-corrected chi connectivity index (χ1v) is 43.7. The van der Waals surface area contributed by atoms with Gasteiger partial charge in [0.05, 0.1) is 57.0 Å². The number of nitrogens with two attached hydrogens (primary N) is 6. The van der Waals surface area contributed by atoms with E-state index in [0.29, 0.717) is 12.8 Å². The molecule has 0 spiro atoms. The number of nitrogens with zero attached hydrogens (tertiary/aromatic N) is 2. The number of guanidine groups is 1. The number of nitrogens with one attached hydrogen (secondary N) is 16. The summed E-state index contributed by atoms with van der Waals surface area (Å²) in [6.45, 7) is 17.0. The van der Waals surface area contributed by atoms with Crippen LogP contribution >= 0.6 is 0 Å². The third-order valence-corrected chi connectivity index (χ3v) is 20.3. The number of carboxylic acids is 4. The van der Waals surface area contributed by atoms with E-state index in [9.17, 15) is 141 Å². The summed E-state index contributed by atoms with van der Waals surface area (Å²) in [5.41, 5.74) is 32.9. The van der Waals surface area contributed by atoms with E-state index in [2.05, 4.69) is 90.1 Å². The fraction of sp³-hybridized carbons (Fsp3) is 0.704. The van der Waals surface area contributed by atoms with Crippen molar-refractivity contribution in [2.24, 2.45) is 69.0 Å². The van der Waals surface area contributed by atoms with Gasteiger partial charge < -0.3 is 155 Å². The Bertz CT molecular complexity index is 4140. The van der Waals surface area contributed by atoms with E-state index in [1.54, 1.807) is 41.5 Å². The maximum atomic E-state index is 14.7. The van der Waals surface area contributed by atoms with E-state index in [1.165, 1.54) is 34.6 Å². The number of carbonyl (C=O) groups excluding carboxylic acids is 19. The minimum atomic E-state index is -2.22. The van der Waals surface area contributed by atoms with Crippen molar-refractivity contribution in [2.45, 2.75) is 302 Å². The van der Waals surface area contributed by atoms with Crippen molar-refractivity contribution >= 4 is 142 Å². The minimum Gasteiger partial charge on any atom is -0.481 e. The van der Waals surface area contributed by atoms with E-state index in [-0.39, 0.29) is 108 Å². The van der Waals surface area contributed by atoms with Crippen LogP contribution in [0.5, 0.6) is 0 Å². The molecule has 53 heteroatoms. The Kier molecular flexibility index (Phi) is 52.7. The Labute approximate surface area is 773 Å². The standard InChI is InChI=1S/C81H138N24O29/c1-35(2)26-46(67(120)96-48(28-37(5)6)69(122)98-51(31-59(114)115)71(124)97-47(27-36(3)4)68(121)95-45(80(133)134)18-14-15-23-82)92-56(110)33-89-74(127)53-20-17-25-105(53)79(132)44(19-16-24-88-81(86)87)94-70(123)52(32-60(116)117)100-77(130)63(41(12)106)104-72(125)49(29-55(85)109)99-76(129)62(39(9)10)101-73(126)50(30-58(112)113)93-57(111)34-90-75(128)61(38(7)8)102-78(131)64(42(13)107)103-65(118)40(11)91-66(119)43(83)21-22-54(84)108/h35-53,61-64,106-107H,14-34,82-83H2,1-13H3,(H2,84,108)(H2,85,109)(H,89,127)(H,90,128)(H,91,119)(H,92,110)(H,93,111)(H,94,123)(H,95,121)(H,96,120)(H,97,124)(H,98,122)(H,99,129)(H,100,130)(H,101,126)(H,102,131)(H,103,118)(H,104,125)(H,112,113)(H,114,115)(H,116,117)(H,133,134)(H4,86,87,88)/t40-,41-,42+,43-,44-,45-,46-,47-,48+,49-,50-,51-,52-,53-,61-,62-,63-,64-/m0/s1. The molecule has 756 valence electrons. The molecule has 134 heavy (non-hydrogen) atoms. The van der Waals surface area contributed by atoms with Gasteiger partial charge in [-0.15, -0.1) is 0 Å². The number of likely N-dealkylation sites (tertiary alicyclic amines) is 1. The second kappa shape index (κ2) is 59.4. The zero-order valence-corrected chi connectivity index (χ0v) is 77.6. The highest BCUT2D eigenvalue weighted by atomic mass is 16.4. The average molecular weight is 1910 g/mol. The molecule has 34 N–H and O–H groups in total. The molecule has 1 aliphatic heterocycles. The van der Waals surface area contributed by atoms with E-state index < -0.39 is 296 Å². The molecule has 1 heterocycles. The molecule has 0 saturated carbocycles. The molecule has 0 aromatic carbocycles. The largest absolute Gasteiger partial charge is 0.481 e. The number of primary amides is 2. The number of aliphatic imine (C=N–C) groups is 1. The molecule has 1 fully saturated rings. The van der Waals surface area contributed by atoms with Gasteiger partial charge in [0.1, 0.15) is 90.6 Å². The lowest BCUT2D eigenvalue weighted by atomic mass is 9.99. The third kappa shape index (κ3) is 44.9. The summed E-state index contributed by atoms with van der Waals surface area (Å²) in [6, 6.07) is -26.9. The summed E-state index contributed by atoms with van der Waals surface area (Å²) in [7, 11) is 0. The first-order chi connectivity index (χ1) is 62.3. The molecule has 19 amide bonds. The van der Waals surface area contributed by atoms with Crippen molar-refractivity contribution in [3.05, 3.63) is 0 Å². The molecule has 0 aromatic rings. The Morgan fingerprint density at radius 1 is 0.373 bits per heavy atom. The quantitative estimate of drug-likeness (QED) is 0.0153. The SMILES string of the molecule is CC(C)C[C@H](NC(=O)CNC(=O)[C@@H]1CCCN1C(=O)[C@H](CCCN=C(N)N)NC(=O)[C@H](CC(=O)O)NC(=O)[C@@H](NC(=O)[C@H](CC(N)=O)NC(=O)[C@@H](NC(=O)[C@H](CC(=O)O)NC(=O)CNC(=O)[C@@H](NC(=O)[C@@H](NC(=O)[C@H](C)NC(=O)[C@@H](N)CCC(N)=O)[C@@H](C)O)C(C)C)C(C)C)[C@H](C)O)C(=O)N[C@H](CC(C)C)C(=O)N[C@@H](CC(=O)O)C(=O)N[C@@H](CC(C)C)C(=O)N[C@@H](CCCCN)C(=O)O. The van der Waals surface area contributed by atoms with Gasteiger partial charge in [0.25, 0.3) is 0 Å². The highest BCUT2D eigenvalue weighted by molar-refractivity contribution is 6.03. The van der Waals surface area contributed by atoms with Crippen molar-refractivity contribution < 1.29 is 141 Å². The minimum absolute atomic E-state index is 0.00516. The molecular formula is C81H138N24O29. The zero-order valence-electron chi connectivity index (χ0n) is 77.6. The normalized spacial score (nSPS) is 16.2. The monoisotopic (exact) mass is 1910 g/mol. The predicted molar refractivity (Wildman–Crippen MR) is 472 cm³/mol. The lowest BCUT2D eigenvalue weighted by Gasteiger charge is -2.30. The molecule has 18 atom stereocenters. The summed E-state index contributed by atoms with van der Waals surface area (Å²) in [5.74, 6) is -30.7. The van der Waals surface area contributed by atoms with Crippen LogP contribution in [-0.2, 0) is 110 Å². The topological polar surface area (TPSA) is 878 Å². The first kappa shape index (κ1) is 119. The average Bonchev–Trinajstić information content (AvgIpc) is 1.72. The number of unbranched alkanes of at least 4 members (excludes halogenated alkanes) is 1. The summed E-state index contributed by atoms with van der Waals surface area (Å²) in [5, 5.41) is 97.7.